The molecule has 4 N–H and O–H groups in total. The van der Waals surface area contributed by atoms with Crippen molar-refractivity contribution in [3.8, 4) is 0 Å². The number of benzene rings is 2. The van der Waals surface area contributed by atoms with E-state index in [1.165, 1.54) is 25.1 Å². The molecule has 7 nitrogen and oxygen atoms in total. The maximum absolute atomic E-state index is 13.1. The molecule has 0 saturated carbocycles. The van der Waals surface area contributed by atoms with E-state index >= 15 is 0 Å². The van der Waals surface area contributed by atoms with Crippen LogP contribution in [0.5, 0.6) is 0 Å². The predicted molar refractivity (Wildman–Crippen MR) is 121 cm³/mol. The number of sulfonamides is 2. The van der Waals surface area contributed by atoms with E-state index in [0.29, 0.717) is 6.54 Å². The van der Waals surface area contributed by atoms with Gasteiger partial charge in [0, 0.05) is 17.6 Å². The average Bonchev–Trinajstić information content (AvgIpc) is 2.69. The summed E-state index contributed by atoms with van der Waals surface area (Å²) in [6, 6.07) is 5.00. The van der Waals surface area contributed by atoms with Crippen LogP contribution in [0.3, 0.4) is 0 Å². The zero-order valence-corrected chi connectivity index (χ0v) is 20.5. The molecule has 2 rings (SSSR count). The number of anilines is 1. The molecule has 13 heteroatoms. The molecular weight excluding hydrogens is 503 g/mol. The van der Waals surface area contributed by atoms with Crippen LogP contribution in [-0.4, -0.2) is 23.4 Å². The van der Waals surface area contributed by atoms with E-state index in [2.05, 4.69) is 10.0 Å². The van der Waals surface area contributed by atoms with Gasteiger partial charge in [0.1, 0.15) is 4.90 Å². The van der Waals surface area contributed by atoms with Crippen LogP contribution in [0.2, 0.25) is 5.02 Å². The largest absolute Gasteiger partial charge is 0.416 e. The van der Waals surface area contributed by atoms with Crippen LogP contribution in [0, 0.1) is 5.92 Å². The lowest BCUT2D eigenvalue weighted by Crippen LogP contribution is -2.27. The van der Waals surface area contributed by atoms with Gasteiger partial charge in [-0.3, -0.25) is 0 Å². The van der Waals surface area contributed by atoms with Gasteiger partial charge >= 0.3 is 6.18 Å². The highest BCUT2D eigenvalue weighted by Gasteiger charge is 2.32. The SMILES string of the molecule is CCC(C)CNc1ccc(S(=O)(=O)N[C@@H](C)c2cc(Cl)cc(C(F)(F)F)c2)cc1S(N)(=O)=O. The second kappa shape index (κ2) is 10.2. The van der Waals surface area contributed by atoms with E-state index in [0.717, 1.165) is 24.6 Å². The fraction of sp³-hybridized carbons (Fsp3) is 0.400. The molecule has 2 aromatic rings. The quantitative estimate of drug-likeness (QED) is 0.443. The molecular formula is C20H25ClF3N3O4S2. The Balaban J connectivity index is 2.39. The molecule has 33 heavy (non-hydrogen) atoms. The number of rotatable bonds is 9. The standard InChI is InChI=1S/C20H25ClF3N3O4S2/c1-4-12(2)11-26-18-6-5-17(10-19(18)32(25,28)29)33(30,31)27-13(3)14-7-15(20(22,23)24)9-16(21)8-14/h5-10,12-13,26-27H,4,11H2,1-3H3,(H2,25,28,29)/t12?,13-/m0/s1. The van der Waals surface area contributed by atoms with Gasteiger partial charge < -0.3 is 5.32 Å². The Bertz CT molecular complexity index is 1220. The lowest BCUT2D eigenvalue weighted by molar-refractivity contribution is -0.137. The molecule has 0 amide bonds. The maximum Gasteiger partial charge on any atom is 0.416 e. The van der Waals surface area contributed by atoms with Crippen LogP contribution in [0.15, 0.2) is 46.2 Å². The highest BCUT2D eigenvalue weighted by Crippen LogP contribution is 2.34. The molecule has 1 unspecified atom stereocenters. The van der Waals surface area contributed by atoms with Crippen LogP contribution in [0.25, 0.3) is 0 Å². The summed E-state index contributed by atoms with van der Waals surface area (Å²) in [6.07, 6.45) is -3.83. The first kappa shape index (κ1) is 27.4. The first-order chi connectivity index (χ1) is 15.0. The second-order valence-electron chi connectivity index (χ2n) is 7.71. The minimum Gasteiger partial charge on any atom is -0.384 e. The van der Waals surface area contributed by atoms with Gasteiger partial charge in [0.15, 0.2) is 0 Å². The topological polar surface area (TPSA) is 118 Å². The van der Waals surface area contributed by atoms with E-state index in [-0.39, 0.29) is 22.2 Å². The Labute approximate surface area is 196 Å². The monoisotopic (exact) mass is 527 g/mol. The molecule has 0 spiro atoms. The fourth-order valence-corrected chi connectivity index (χ4v) is 5.19. The molecule has 2 aromatic carbocycles. The van der Waals surface area contributed by atoms with Crippen molar-refractivity contribution in [1.29, 1.82) is 0 Å². The number of alkyl halides is 3. The van der Waals surface area contributed by atoms with Crippen molar-refractivity contribution in [2.24, 2.45) is 11.1 Å². The third-order valence-electron chi connectivity index (χ3n) is 4.99. The molecule has 0 aliphatic rings. The third-order valence-corrected chi connectivity index (χ3v) is 7.69. The lowest BCUT2D eigenvalue weighted by Gasteiger charge is -2.18. The second-order valence-corrected chi connectivity index (χ2v) is 11.4. The minimum absolute atomic E-state index is 0.0168. The molecule has 0 bridgehead atoms. The highest BCUT2D eigenvalue weighted by molar-refractivity contribution is 7.90. The smallest absolute Gasteiger partial charge is 0.384 e. The Morgan fingerprint density at radius 1 is 1.06 bits per heavy atom. The van der Waals surface area contributed by atoms with Crippen LogP contribution in [0.1, 0.15) is 44.4 Å². The van der Waals surface area contributed by atoms with Crippen molar-refractivity contribution >= 4 is 37.3 Å². The highest BCUT2D eigenvalue weighted by atomic mass is 35.5. The number of nitrogens with two attached hydrogens (primary N) is 1. The van der Waals surface area contributed by atoms with Crippen molar-refractivity contribution in [3.05, 3.63) is 52.5 Å². The summed E-state index contributed by atoms with van der Waals surface area (Å²) in [5.41, 5.74) is -0.893. The molecule has 0 aliphatic carbocycles. The lowest BCUT2D eigenvalue weighted by atomic mass is 10.1. The first-order valence-corrected chi connectivity index (χ1v) is 13.3. The van der Waals surface area contributed by atoms with Gasteiger partial charge in [0.05, 0.1) is 16.1 Å². The van der Waals surface area contributed by atoms with Gasteiger partial charge in [-0.1, -0.05) is 31.9 Å². The van der Waals surface area contributed by atoms with Crippen LogP contribution < -0.4 is 15.2 Å². The summed E-state index contributed by atoms with van der Waals surface area (Å²) < 4.78 is 91.3. The predicted octanol–water partition coefficient (Wildman–Crippen LogP) is 4.50. The van der Waals surface area contributed by atoms with E-state index in [4.69, 9.17) is 16.7 Å². The van der Waals surface area contributed by atoms with Crippen molar-refractivity contribution in [2.45, 2.75) is 49.2 Å². The zero-order chi connectivity index (χ0) is 25.2. The van der Waals surface area contributed by atoms with E-state index in [9.17, 15) is 30.0 Å². The number of halogens is 4. The third kappa shape index (κ3) is 7.31. The molecule has 0 heterocycles. The Kier molecular flexibility index (Phi) is 8.45. The normalized spacial score (nSPS) is 14.7. The van der Waals surface area contributed by atoms with E-state index in [1.807, 2.05) is 13.8 Å². The molecule has 0 aliphatic heterocycles. The van der Waals surface area contributed by atoms with E-state index in [1.54, 1.807) is 0 Å². The van der Waals surface area contributed by atoms with Gasteiger partial charge in [0.25, 0.3) is 0 Å². The molecule has 0 aromatic heterocycles. The van der Waals surface area contributed by atoms with Crippen molar-refractivity contribution in [1.82, 2.24) is 4.72 Å². The van der Waals surface area contributed by atoms with Crippen LogP contribution in [-0.2, 0) is 26.2 Å². The minimum atomic E-state index is -4.67. The number of primary sulfonamides is 1. The number of nitrogens with one attached hydrogen (secondary N) is 2. The Morgan fingerprint density at radius 2 is 1.70 bits per heavy atom. The first-order valence-electron chi connectivity index (χ1n) is 9.85. The molecule has 0 fully saturated rings. The summed E-state index contributed by atoms with van der Waals surface area (Å²) in [4.78, 5) is -0.825. The summed E-state index contributed by atoms with van der Waals surface area (Å²) in [7, 11) is -8.60. The van der Waals surface area contributed by atoms with Gasteiger partial charge in [-0.25, -0.2) is 26.7 Å². The van der Waals surface area contributed by atoms with Crippen LogP contribution in [0.4, 0.5) is 18.9 Å². The maximum atomic E-state index is 13.1. The summed E-state index contributed by atoms with van der Waals surface area (Å²) in [6.45, 7) is 5.70. The molecule has 0 saturated heterocycles. The summed E-state index contributed by atoms with van der Waals surface area (Å²) in [5, 5.41) is 8.01. The van der Waals surface area contributed by atoms with Crippen molar-refractivity contribution in [3.63, 3.8) is 0 Å². The fourth-order valence-electron chi connectivity index (χ4n) is 2.87. The van der Waals surface area contributed by atoms with Gasteiger partial charge in [-0.15, -0.1) is 0 Å². The zero-order valence-electron chi connectivity index (χ0n) is 18.1. The molecule has 0 radical (unpaired) electrons. The Hall–Kier alpha value is -1.86. The average molecular weight is 528 g/mol. The van der Waals surface area contributed by atoms with E-state index < -0.39 is 47.6 Å². The summed E-state index contributed by atoms with van der Waals surface area (Å²) >= 11 is 5.77. The number of hydrogen-bond donors (Lipinski definition) is 3. The summed E-state index contributed by atoms with van der Waals surface area (Å²) in [5.74, 6) is 0.225. The van der Waals surface area contributed by atoms with Crippen molar-refractivity contribution in [2.75, 3.05) is 11.9 Å². The van der Waals surface area contributed by atoms with Gasteiger partial charge in [-0.05, 0) is 54.8 Å². The molecule has 2 atom stereocenters. The van der Waals surface area contributed by atoms with Crippen LogP contribution >= 0.6 is 11.6 Å². The Morgan fingerprint density at radius 3 is 2.24 bits per heavy atom. The molecule has 184 valence electrons. The van der Waals surface area contributed by atoms with Gasteiger partial charge in [0.2, 0.25) is 20.0 Å². The number of hydrogen-bond acceptors (Lipinski definition) is 5. The van der Waals surface area contributed by atoms with Gasteiger partial charge in [-0.2, -0.15) is 13.2 Å². The van der Waals surface area contributed by atoms with Crippen molar-refractivity contribution < 1.29 is 30.0 Å².